The van der Waals surface area contributed by atoms with Gasteiger partial charge in [0.2, 0.25) is 5.91 Å². The average Bonchev–Trinajstić information content (AvgIpc) is 2.64. The van der Waals surface area contributed by atoms with Crippen LogP contribution in [-0.4, -0.2) is 37.1 Å². The van der Waals surface area contributed by atoms with Crippen LogP contribution in [-0.2, 0) is 30.3 Å². The van der Waals surface area contributed by atoms with E-state index < -0.39 is 23.9 Å². The smallest absolute Gasteiger partial charge is 0.328 e. The fourth-order valence-corrected chi connectivity index (χ4v) is 2.85. The van der Waals surface area contributed by atoms with Gasteiger partial charge in [-0.2, -0.15) is 0 Å². The Morgan fingerprint density at radius 3 is 2.11 bits per heavy atom. The number of rotatable bonds is 11. The number of amides is 1. The minimum atomic E-state index is -0.875. The SMILES string of the molecule is CCOC(=O)CC[C@H](NC(=O)[C@@H](C)c1ccc(CC(C)C)cc1)C(=O)OCC. The van der Waals surface area contributed by atoms with Crippen LogP contribution in [0.15, 0.2) is 24.3 Å². The van der Waals surface area contributed by atoms with Gasteiger partial charge in [0.25, 0.3) is 0 Å². The Labute approximate surface area is 168 Å². The van der Waals surface area contributed by atoms with Crippen molar-refractivity contribution < 1.29 is 23.9 Å². The zero-order valence-electron chi connectivity index (χ0n) is 17.6. The summed E-state index contributed by atoms with van der Waals surface area (Å²) < 4.78 is 9.92. The van der Waals surface area contributed by atoms with Crippen LogP contribution in [0.1, 0.15) is 64.5 Å². The van der Waals surface area contributed by atoms with E-state index >= 15 is 0 Å². The highest BCUT2D eigenvalue weighted by Crippen LogP contribution is 2.18. The maximum Gasteiger partial charge on any atom is 0.328 e. The second-order valence-corrected chi connectivity index (χ2v) is 7.22. The zero-order valence-corrected chi connectivity index (χ0v) is 17.6. The Morgan fingerprint density at radius 2 is 1.57 bits per heavy atom. The summed E-state index contributed by atoms with van der Waals surface area (Å²) in [5.41, 5.74) is 2.10. The number of nitrogens with one attached hydrogen (secondary N) is 1. The number of benzene rings is 1. The minimum absolute atomic E-state index is 0.0376. The van der Waals surface area contributed by atoms with Crippen LogP contribution in [0.25, 0.3) is 0 Å². The summed E-state index contributed by atoms with van der Waals surface area (Å²) in [4.78, 5) is 36.4. The number of carbonyl (C=O) groups excluding carboxylic acids is 3. The van der Waals surface area contributed by atoms with Crippen molar-refractivity contribution in [3.05, 3.63) is 35.4 Å². The molecule has 1 aromatic rings. The summed E-state index contributed by atoms with van der Waals surface area (Å²) in [5.74, 6) is -1.08. The molecule has 1 rings (SSSR count). The molecule has 0 unspecified atom stereocenters. The Kier molecular flexibility index (Phi) is 10.3. The second-order valence-electron chi connectivity index (χ2n) is 7.22. The molecule has 1 amide bonds. The van der Waals surface area contributed by atoms with E-state index in [0.717, 1.165) is 12.0 Å². The van der Waals surface area contributed by atoms with E-state index in [9.17, 15) is 14.4 Å². The van der Waals surface area contributed by atoms with Gasteiger partial charge < -0.3 is 14.8 Å². The first-order valence-corrected chi connectivity index (χ1v) is 9.99. The fraction of sp³-hybridized carbons (Fsp3) is 0.591. The first-order valence-electron chi connectivity index (χ1n) is 9.99. The highest BCUT2D eigenvalue weighted by atomic mass is 16.5. The van der Waals surface area contributed by atoms with Crippen LogP contribution < -0.4 is 5.32 Å². The van der Waals surface area contributed by atoms with E-state index in [0.29, 0.717) is 5.92 Å². The molecule has 0 fully saturated rings. The highest BCUT2D eigenvalue weighted by Gasteiger charge is 2.26. The van der Waals surface area contributed by atoms with Crippen molar-refractivity contribution in [2.45, 2.75) is 65.8 Å². The van der Waals surface area contributed by atoms with E-state index in [1.54, 1.807) is 20.8 Å². The van der Waals surface area contributed by atoms with Crippen LogP contribution >= 0.6 is 0 Å². The van der Waals surface area contributed by atoms with Crippen molar-refractivity contribution in [2.24, 2.45) is 5.92 Å². The lowest BCUT2D eigenvalue weighted by Gasteiger charge is -2.20. The lowest BCUT2D eigenvalue weighted by atomic mass is 9.96. The third-order valence-corrected chi connectivity index (χ3v) is 4.35. The van der Waals surface area contributed by atoms with E-state index in [1.807, 2.05) is 24.3 Å². The van der Waals surface area contributed by atoms with E-state index in [4.69, 9.17) is 9.47 Å². The van der Waals surface area contributed by atoms with Crippen LogP contribution in [0.2, 0.25) is 0 Å². The third-order valence-electron chi connectivity index (χ3n) is 4.35. The predicted molar refractivity (Wildman–Crippen MR) is 108 cm³/mol. The normalized spacial score (nSPS) is 12.9. The molecule has 28 heavy (non-hydrogen) atoms. The molecule has 0 saturated carbocycles. The highest BCUT2D eigenvalue weighted by molar-refractivity contribution is 5.88. The van der Waals surface area contributed by atoms with Crippen molar-refractivity contribution in [3.63, 3.8) is 0 Å². The maximum atomic E-state index is 12.7. The van der Waals surface area contributed by atoms with Gasteiger partial charge in [-0.25, -0.2) is 4.79 Å². The van der Waals surface area contributed by atoms with Crippen LogP contribution in [0, 0.1) is 5.92 Å². The van der Waals surface area contributed by atoms with Gasteiger partial charge in [0.05, 0.1) is 19.1 Å². The lowest BCUT2D eigenvalue weighted by molar-refractivity contribution is -0.149. The summed E-state index contributed by atoms with van der Waals surface area (Å²) in [6.45, 7) is 10.0. The number of carbonyl (C=O) groups is 3. The molecule has 0 radical (unpaired) electrons. The Bertz CT molecular complexity index is 639. The standard InChI is InChI=1S/C22H33NO5/c1-6-27-20(24)13-12-19(22(26)28-7-2)23-21(25)16(5)18-10-8-17(9-11-18)14-15(3)4/h8-11,15-16,19H,6-7,12-14H2,1-5H3,(H,23,25)/t16-,19-/m0/s1. The van der Waals surface area contributed by atoms with Gasteiger partial charge in [-0.15, -0.1) is 0 Å². The predicted octanol–water partition coefficient (Wildman–Crippen LogP) is 3.38. The molecule has 6 nitrogen and oxygen atoms in total. The molecule has 0 bridgehead atoms. The van der Waals surface area contributed by atoms with Gasteiger partial charge in [-0.05, 0) is 50.7 Å². The number of ether oxygens (including phenoxy) is 2. The lowest BCUT2D eigenvalue weighted by Crippen LogP contribution is -2.43. The summed E-state index contributed by atoms with van der Waals surface area (Å²) >= 11 is 0. The van der Waals surface area contributed by atoms with Crippen LogP contribution in [0.3, 0.4) is 0 Å². The van der Waals surface area contributed by atoms with Gasteiger partial charge in [0, 0.05) is 6.42 Å². The third kappa shape index (κ3) is 8.11. The van der Waals surface area contributed by atoms with Gasteiger partial charge in [0.1, 0.15) is 6.04 Å². The molecule has 0 heterocycles. The fourth-order valence-electron chi connectivity index (χ4n) is 2.85. The summed E-state index contributed by atoms with van der Waals surface area (Å²) in [6, 6.07) is 7.07. The molecule has 6 heteroatoms. The molecular formula is C22H33NO5. The molecule has 1 aromatic carbocycles. The molecule has 0 spiro atoms. The largest absolute Gasteiger partial charge is 0.466 e. The average molecular weight is 392 g/mol. The van der Waals surface area contributed by atoms with Crippen LogP contribution in [0.4, 0.5) is 0 Å². The van der Waals surface area contributed by atoms with E-state index in [1.165, 1.54) is 5.56 Å². The number of esters is 2. The molecule has 0 aliphatic carbocycles. The van der Waals surface area contributed by atoms with Crippen LogP contribution in [0.5, 0.6) is 0 Å². The van der Waals surface area contributed by atoms with Crippen molar-refractivity contribution in [2.75, 3.05) is 13.2 Å². The van der Waals surface area contributed by atoms with Gasteiger partial charge in [-0.3, -0.25) is 9.59 Å². The van der Waals surface area contributed by atoms with Gasteiger partial charge in [-0.1, -0.05) is 38.1 Å². The maximum absolute atomic E-state index is 12.7. The molecule has 0 aromatic heterocycles. The van der Waals surface area contributed by atoms with Crippen molar-refractivity contribution in [3.8, 4) is 0 Å². The Balaban J connectivity index is 2.76. The van der Waals surface area contributed by atoms with Gasteiger partial charge in [0.15, 0.2) is 0 Å². The molecular weight excluding hydrogens is 358 g/mol. The second kappa shape index (κ2) is 12.2. The first-order chi connectivity index (χ1) is 13.3. The zero-order chi connectivity index (χ0) is 21.1. The van der Waals surface area contributed by atoms with Crippen molar-refractivity contribution >= 4 is 17.8 Å². The summed E-state index contributed by atoms with van der Waals surface area (Å²) in [7, 11) is 0. The summed E-state index contributed by atoms with van der Waals surface area (Å²) in [5, 5.41) is 2.72. The Morgan fingerprint density at radius 1 is 0.964 bits per heavy atom. The van der Waals surface area contributed by atoms with Crippen molar-refractivity contribution in [1.29, 1.82) is 0 Å². The molecule has 0 saturated heterocycles. The molecule has 0 aliphatic heterocycles. The minimum Gasteiger partial charge on any atom is -0.466 e. The van der Waals surface area contributed by atoms with E-state index in [2.05, 4.69) is 19.2 Å². The molecule has 0 aliphatic rings. The quantitative estimate of drug-likeness (QED) is 0.585. The first kappa shape index (κ1) is 23.7. The van der Waals surface area contributed by atoms with Gasteiger partial charge >= 0.3 is 11.9 Å². The number of hydrogen-bond acceptors (Lipinski definition) is 5. The summed E-state index contributed by atoms with van der Waals surface area (Å²) in [6.07, 6.45) is 1.17. The number of hydrogen-bond donors (Lipinski definition) is 1. The molecule has 2 atom stereocenters. The monoisotopic (exact) mass is 391 g/mol. The van der Waals surface area contributed by atoms with E-state index in [-0.39, 0.29) is 32.0 Å². The molecule has 1 N–H and O–H groups in total. The van der Waals surface area contributed by atoms with Crippen molar-refractivity contribution in [1.82, 2.24) is 5.32 Å². The Hall–Kier alpha value is -2.37. The molecule has 156 valence electrons. The topological polar surface area (TPSA) is 81.7 Å².